The van der Waals surface area contributed by atoms with E-state index in [1.165, 1.54) is 12.1 Å². The van der Waals surface area contributed by atoms with E-state index in [-0.39, 0.29) is 28.9 Å². The van der Waals surface area contributed by atoms with Gasteiger partial charge in [0.15, 0.2) is 0 Å². The average Bonchev–Trinajstić information content (AvgIpc) is 2.85. The summed E-state index contributed by atoms with van der Waals surface area (Å²) in [6.07, 6.45) is 0.982. The summed E-state index contributed by atoms with van der Waals surface area (Å²) in [5, 5.41) is 3.54. The van der Waals surface area contributed by atoms with Gasteiger partial charge in [-0.25, -0.2) is 4.39 Å². The molecule has 2 heterocycles. The van der Waals surface area contributed by atoms with Gasteiger partial charge in [0, 0.05) is 13.1 Å². The van der Waals surface area contributed by atoms with Crippen LogP contribution in [0.4, 0.5) is 4.39 Å². The van der Waals surface area contributed by atoms with E-state index in [2.05, 4.69) is 5.32 Å². The lowest BCUT2D eigenvalue weighted by Crippen LogP contribution is -2.43. The number of piperidine rings is 1. The standard InChI is InChI=1S/C14H16ClFN2O.ClH/c15-11-2-1-3-12(16)13(11)14(19)18-5-4-9-6-17-7-10(9)8-18;/h1-3,9-10,17H,4-8H2;1H. The molecule has 3 nitrogen and oxygen atoms in total. The monoisotopic (exact) mass is 318 g/mol. The smallest absolute Gasteiger partial charge is 0.258 e. The number of amides is 1. The number of fused-ring (bicyclic) bond motifs is 1. The zero-order chi connectivity index (χ0) is 13.4. The molecular weight excluding hydrogens is 302 g/mol. The van der Waals surface area contributed by atoms with Gasteiger partial charge >= 0.3 is 0 Å². The first-order chi connectivity index (χ1) is 9.16. The molecular formula is C14H17Cl2FN2O. The molecule has 1 aromatic rings. The van der Waals surface area contributed by atoms with Crippen LogP contribution in [0.3, 0.4) is 0 Å². The number of hydrogen-bond acceptors (Lipinski definition) is 2. The van der Waals surface area contributed by atoms with E-state index in [0.29, 0.717) is 24.9 Å². The Balaban J connectivity index is 0.00000147. The Labute approximate surface area is 128 Å². The maximum absolute atomic E-state index is 13.8. The van der Waals surface area contributed by atoms with Crippen LogP contribution < -0.4 is 5.32 Å². The van der Waals surface area contributed by atoms with Crippen LogP contribution in [-0.2, 0) is 0 Å². The van der Waals surface area contributed by atoms with E-state index in [4.69, 9.17) is 11.6 Å². The van der Waals surface area contributed by atoms with Gasteiger partial charge in [-0.1, -0.05) is 17.7 Å². The minimum Gasteiger partial charge on any atom is -0.338 e. The van der Waals surface area contributed by atoms with Crippen molar-refractivity contribution in [1.82, 2.24) is 10.2 Å². The highest BCUT2D eigenvalue weighted by Gasteiger charge is 2.35. The quantitative estimate of drug-likeness (QED) is 0.863. The number of benzene rings is 1. The van der Waals surface area contributed by atoms with Crippen molar-refractivity contribution in [3.63, 3.8) is 0 Å². The number of carbonyl (C=O) groups is 1. The zero-order valence-corrected chi connectivity index (χ0v) is 12.5. The molecule has 1 aromatic carbocycles. The van der Waals surface area contributed by atoms with Crippen molar-refractivity contribution in [3.05, 3.63) is 34.6 Å². The summed E-state index contributed by atoms with van der Waals surface area (Å²) in [6, 6.07) is 4.35. The van der Waals surface area contributed by atoms with Crippen LogP contribution in [0.25, 0.3) is 0 Å². The van der Waals surface area contributed by atoms with E-state index in [1.54, 1.807) is 11.0 Å². The van der Waals surface area contributed by atoms with Crippen LogP contribution in [0.5, 0.6) is 0 Å². The van der Waals surface area contributed by atoms with E-state index < -0.39 is 5.82 Å². The molecule has 20 heavy (non-hydrogen) atoms. The zero-order valence-electron chi connectivity index (χ0n) is 10.9. The molecule has 3 rings (SSSR count). The first-order valence-electron chi connectivity index (χ1n) is 6.61. The number of nitrogens with zero attached hydrogens (tertiary/aromatic N) is 1. The third-order valence-electron chi connectivity index (χ3n) is 4.17. The summed E-state index contributed by atoms with van der Waals surface area (Å²) in [5.41, 5.74) is 0.00794. The molecule has 2 unspecified atom stereocenters. The fourth-order valence-corrected chi connectivity index (χ4v) is 3.32. The molecule has 6 heteroatoms. The summed E-state index contributed by atoms with van der Waals surface area (Å²) in [7, 11) is 0. The molecule has 2 aliphatic heterocycles. The van der Waals surface area contributed by atoms with Gasteiger partial charge in [-0.3, -0.25) is 4.79 Å². The Hall–Kier alpha value is -0.840. The molecule has 1 N–H and O–H groups in total. The Kier molecular flexibility index (Phi) is 4.89. The van der Waals surface area contributed by atoms with Gasteiger partial charge in [0.25, 0.3) is 5.91 Å². The second-order valence-corrected chi connectivity index (χ2v) is 5.72. The second kappa shape index (κ2) is 6.29. The topological polar surface area (TPSA) is 32.3 Å². The minimum absolute atomic E-state index is 0. The van der Waals surface area contributed by atoms with Gasteiger partial charge in [0.1, 0.15) is 5.82 Å². The molecule has 0 saturated carbocycles. The first-order valence-corrected chi connectivity index (χ1v) is 6.98. The Morgan fingerprint density at radius 3 is 2.85 bits per heavy atom. The fraction of sp³-hybridized carbons (Fsp3) is 0.500. The van der Waals surface area contributed by atoms with Crippen molar-refractivity contribution >= 4 is 29.9 Å². The van der Waals surface area contributed by atoms with Crippen LogP contribution in [0.15, 0.2) is 18.2 Å². The Morgan fingerprint density at radius 1 is 1.35 bits per heavy atom. The number of nitrogens with one attached hydrogen (secondary N) is 1. The molecule has 2 fully saturated rings. The number of hydrogen-bond donors (Lipinski definition) is 1. The minimum atomic E-state index is -0.538. The molecule has 2 saturated heterocycles. The van der Waals surface area contributed by atoms with Crippen molar-refractivity contribution < 1.29 is 9.18 Å². The molecule has 0 aliphatic carbocycles. The van der Waals surface area contributed by atoms with Crippen LogP contribution in [0.1, 0.15) is 16.8 Å². The highest BCUT2D eigenvalue weighted by atomic mass is 35.5. The molecule has 0 radical (unpaired) electrons. The second-order valence-electron chi connectivity index (χ2n) is 5.31. The van der Waals surface area contributed by atoms with Gasteiger partial charge in [0.2, 0.25) is 0 Å². The van der Waals surface area contributed by atoms with Crippen molar-refractivity contribution in [2.45, 2.75) is 6.42 Å². The summed E-state index contributed by atoms with van der Waals surface area (Å²) >= 11 is 5.96. The number of rotatable bonds is 1. The predicted molar refractivity (Wildman–Crippen MR) is 79.0 cm³/mol. The van der Waals surface area contributed by atoms with Gasteiger partial charge in [-0.05, 0) is 43.5 Å². The molecule has 110 valence electrons. The lowest BCUT2D eigenvalue weighted by atomic mass is 9.88. The Morgan fingerprint density at radius 2 is 2.10 bits per heavy atom. The molecule has 2 aliphatic rings. The van der Waals surface area contributed by atoms with E-state index >= 15 is 0 Å². The van der Waals surface area contributed by atoms with Crippen LogP contribution in [-0.4, -0.2) is 37.0 Å². The maximum Gasteiger partial charge on any atom is 0.258 e. The third-order valence-corrected chi connectivity index (χ3v) is 4.48. The van der Waals surface area contributed by atoms with Crippen LogP contribution in [0.2, 0.25) is 5.02 Å². The predicted octanol–water partition coefficient (Wildman–Crippen LogP) is 2.58. The molecule has 0 spiro atoms. The lowest BCUT2D eigenvalue weighted by molar-refractivity contribution is 0.0638. The van der Waals surface area contributed by atoms with Gasteiger partial charge in [0.05, 0.1) is 10.6 Å². The van der Waals surface area contributed by atoms with Crippen molar-refractivity contribution in [2.75, 3.05) is 26.2 Å². The van der Waals surface area contributed by atoms with Gasteiger partial charge in [-0.2, -0.15) is 0 Å². The summed E-state index contributed by atoms with van der Waals surface area (Å²) in [6.45, 7) is 3.36. The van der Waals surface area contributed by atoms with E-state index in [9.17, 15) is 9.18 Å². The van der Waals surface area contributed by atoms with Crippen LogP contribution >= 0.6 is 24.0 Å². The molecule has 0 aromatic heterocycles. The largest absolute Gasteiger partial charge is 0.338 e. The first kappa shape index (κ1) is 15.5. The van der Waals surface area contributed by atoms with Gasteiger partial charge in [-0.15, -0.1) is 12.4 Å². The van der Waals surface area contributed by atoms with Crippen LogP contribution in [0, 0.1) is 17.7 Å². The van der Waals surface area contributed by atoms with Gasteiger partial charge < -0.3 is 10.2 Å². The maximum atomic E-state index is 13.8. The van der Waals surface area contributed by atoms with Crippen molar-refractivity contribution in [1.29, 1.82) is 0 Å². The number of halogens is 3. The third kappa shape index (κ3) is 2.78. The highest BCUT2D eigenvalue weighted by Crippen LogP contribution is 2.29. The molecule has 1 amide bonds. The normalized spacial score (nSPS) is 25.0. The summed E-state index contributed by atoms with van der Waals surface area (Å²) in [4.78, 5) is 14.1. The fourth-order valence-electron chi connectivity index (χ4n) is 3.08. The average molecular weight is 319 g/mol. The number of carbonyl (C=O) groups excluding carboxylic acids is 1. The lowest BCUT2D eigenvalue weighted by Gasteiger charge is -2.34. The van der Waals surface area contributed by atoms with Crippen molar-refractivity contribution in [3.8, 4) is 0 Å². The van der Waals surface area contributed by atoms with E-state index in [1.807, 2.05) is 0 Å². The summed E-state index contributed by atoms with van der Waals surface area (Å²) < 4.78 is 13.8. The number of likely N-dealkylation sites (tertiary alicyclic amines) is 1. The highest BCUT2D eigenvalue weighted by molar-refractivity contribution is 6.33. The SMILES string of the molecule is Cl.O=C(c1c(F)cccc1Cl)N1CCC2CNCC2C1. The molecule has 0 bridgehead atoms. The molecule has 2 atom stereocenters. The summed E-state index contributed by atoms with van der Waals surface area (Å²) in [5.74, 6) is 0.320. The van der Waals surface area contributed by atoms with E-state index in [0.717, 1.165) is 19.5 Å². The Bertz CT molecular complexity index is 492. The van der Waals surface area contributed by atoms with Crippen molar-refractivity contribution in [2.24, 2.45) is 11.8 Å².